The van der Waals surface area contributed by atoms with Crippen molar-refractivity contribution in [1.82, 2.24) is 4.98 Å². The van der Waals surface area contributed by atoms with E-state index in [1.165, 1.54) is 0 Å². The maximum atomic E-state index is 13.3. The Hall–Kier alpha value is -2.24. The number of carbonyl (C=O) groups is 1. The molecule has 5 heteroatoms. The molecule has 2 fully saturated rings. The van der Waals surface area contributed by atoms with E-state index in [-0.39, 0.29) is 12.0 Å². The molecule has 2 heterocycles. The number of hydrogen-bond donors (Lipinski definition) is 1. The summed E-state index contributed by atoms with van der Waals surface area (Å²) in [4.78, 5) is 17.8. The second kappa shape index (κ2) is 10.1. The Kier molecular flexibility index (Phi) is 7.27. The summed E-state index contributed by atoms with van der Waals surface area (Å²) >= 11 is 0. The highest BCUT2D eigenvalue weighted by molar-refractivity contribution is 5.81. The number of likely N-dealkylation sites (tertiary alicyclic amines) is 1. The van der Waals surface area contributed by atoms with Gasteiger partial charge in [-0.1, -0.05) is 49.2 Å². The number of benzene rings is 1. The molecule has 2 unspecified atom stereocenters. The molecule has 1 aliphatic carbocycles. The summed E-state index contributed by atoms with van der Waals surface area (Å²) in [7, 11) is 2.28. The number of hydrogen-bond acceptors (Lipinski definition) is 4. The molecule has 0 spiro atoms. The second-order valence-corrected chi connectivity index (χ2v) is 9.86. The van der Waals surface area contributed by atoms with Crippen molar-refractivity contribution in [2.24, 2.45) is 5.92 Å². The number of likely N-dealkylation sites (N-methyl/N-ethyl adjacent to an activating group) is 1. The Morgan fingerprint density at radius 3 is 2.56 bits per heavy atom. The van der Waals surface area contributed by atoms with Gasteiger partial charge in [-0.2, -0.15) is 0 Å². The normalized spacial score (nSPS) is 25.5. The molecule has 1 aromatic carbocycles. The van der Waals surface area contributed by atoms with Crippen LogP contribution >= 0.6 is 0 Å². The molecule has 1 N–H and O–H groups in total. The van der Waals surface area contributed by atoms with Crippen LogP contribution < -0.4 is 0 Å². The Bertz CT molecular complexity index is 869. The van der Waals surface area contributed by atoms with Crippen molar-refractivity contribution < 1.29 is 19.1 Å². The van der Waals surface area contributed by atoms with Gasteiger partial charge in [0.05, 0.1) is 20.1 Å². The molecule has 32 heavy (non-hydrogen) atoms. The number of aryl methyl sites for hydroxylation is 1. The topological polar surface area (TPSA) is 59.4 Å². The Labute approximate surface area is 192 Å². The molecule has 1 saturated heterocycles. The molecule has 5 nitrogen and oxygen atoms in total. The van der Waals surface area contributed by atoms with E-state index < -0.39 is 11.6 Å². The van der Waals surface area contributed by atoms with Crippen LogP contribution in [0.2, 0.25) is 0 Å². The van der Waals surface area contributed by atoms with Crippen LogP contribution in [0, 0.1) is 5.92 Å². The van der Waals surface area contributed by atoms with E-state index in [1.54, 1.807) is 0 Å². The lowest BCUT2D eigenvalue weighted by atomic mass is 9.80. The van der Waals surface area contributed by atoms with Gasteiger partial charge in [0.1, 0.15) is 12.6 Å². The van der Waals surface area contributed by atoms with Crippen molar-refractivity contribution in [3.05, 3.63) is 66.0 Å². The largest absolute Gasteiger partial charge is 0.457 e. The zero-order valence-corrected chi connectivity index (χ0v) is 19.3. The Morgan fingerprint density at radius 2 is 1.84 bits per heavy atom. The van der Waals surface area contributed by atoms with E-state index in [0.29, 0.717) is 12.2 Å². The molecular weight excluding hydrogens is 400 g/mol. The molecule has 2 aromatic rings. The van der Waals surface area contributed by atoms with E-state index in [9.17, 15) is 9.90 Å². The zero-order chi connectivity index (χ0) is 22.4. The van der Waals surface area contributed by atoms with Crippen LogP contribution in [0.25, 0.3) is 0 Å². The van der Waals surface area contributed by atoms with Gasteiger partial charge in [0.25, 0.3) is 0 Å². The minimum Gasteiger partial charge on any atom is -0.457 e. The van der Waals surface area contributed by atoms with E-state index >= 15 is 0 Å². The quantitative estimate of drug-likeness (QED) is 0.471. The van der Waals surface area contributed by atoms with Gasteiger partial charge in [-0.3, -0.25) is 4.98 Å². The summed E-state index contributed by atoms with van der Waals surface area (Å²) in [6.07, 6.45) is 9.93. The first-order valence-corrected chi connectivity index (χ1v) is 12.2. The average molecular weight is 438 g/mol. The van der Waals surface area contributed by atoms with E-state index in [1.807, 2.05) is 48.7 Å². The summed E-state index contributed by atoms with van der Waals surface area (Å²) in [6.45, 7) is 2.53. The minimum atomic E-state index is -1.54. The first-order chi connectivity index (χ1) is 15.5. The molecule has 172 valence electrons. The van der Waals surface area contributed by atoms with Gasteiger partial charge in [0.15, 0.2) is 5.60 Å². The molecule has 1 aliphatic heterocycles. The van der Waals surface area contributed by atoms with Crippen LogP contribution in [0.4, 0.5) is 0 Å². The molecule has 0 amide bonds. The van der Waals surface area contributed by atoms with Crippen molar-refractivity contribution in [3.63, 3.8) is 0 Å². The highest BCUT2D eigenvalue weighted by Crippen LogP contribution is 2.41. The number of quaternary nitrogens is 1. The summed E-state index contributed by atoms with van der Waals surface area (Å²) in [5.74, 6) is -0.539. The number of aromatic nitrogens is 1. The van der Waals surface area contributed by atoms with E-state index in [4.69, 9.17) is 4.74 Å². The monoisotopic (exact) mass is 437 g/mol. The lowest BCUT2D eigenvalue weighted by molar-refractivity contribution is -0.921. The average Bonchev–Trinajstić information content (AvgIpc) is 3.49. The van der Waals surface area contributed by atoms with Crippen molar-refractivity contribution in [1.29, 1.82) is 0 Å². The molecule has 1 aromatic heterocycles. The second-order valence-electron chi connectivity index (χ2n) is 9.86. The predicted molar refractivity (Wildman–Crippen MR) is 125 cm³/mol. The van der Waals surface area contributed by atoms with Gasteiger partial charge in [-0.05, 0) is 37.0 Å². The number of carbonyl (C=O) groups excluding carboxylic acids is 1. The maximum absolute atomic E-state index is 13.3. The van der Waals surface area contributed by atoms with Crippen LogP contribution in [0.3, 0.4) is 0 Å². The van der Waals surface area contributed by atoms with Crippen LogP contribution in [0.15, 0.2) is 54.7 Å². The standard InChI is InChI=1S/C27H37N2O3/c1-29(19-9-16-24-15-7-8-18-28-24)20-10-17-25(29)21-32-26(30)27(31,23-13-5-6-14-23)22-11-3-2-4-12-22/h2-4,7-8,11-12,15,18,23,25,31H,5-6,9-10,13-14,16-17,19-21H2,1H3/q+1/t25-,27?,29?/m1/s1. The first kappa shape index (κ1) is 22.9. The van der Waals surface area contributed by atoms with Crippen LogP contribution in [0.5, 0.6) is 0 Å². The van der Waals surface area contributed by atoms with Gasteiger partial charge >= 0.3 is 5.97 Å². The third-order valence-electron chi connectivity index (χ3n) is 7.79. The summed E-state index contributed by atoms with van der Waals surface area (Å²) in [5, 5.41) is 11.6. The van der Waals surface area contributed by atoms with Crippen molar-refractivity contribution in [3.8, 4) is 0 Å². The van der Waals surface area contributed by atoms with Gasteiger partial charge in [-0.15, -0.1) is 0 Å². The molecule has 0 radical (unpaired) electrons. The Balaban J connectivity index is 1.38. The number of rotatable bonds is 9. The van der Waals surface area contributed by atoms with Crippen molar-refractivity contribution >= 4 is 5.97 Å². The van der Waals surface area contributed by atoms with Gasteiger partial charge in [-0.25, -0.2) is 4.79 Å². The minimum absolute atomic E-state index is 0.0692. The SMILES string of the molecule is C[N+]1(CCCc2ccccn2)CCC[C@@H]1COC(=O)C(O)(c1ccccc1)C1CCCC1. The molecular formula is C27H37N2O3+. The first-order valence-electron chi connectivity index (χ1n) is 12.2. The highest BCUT2D eigenvalue weighted by atomic mass is 16.6. The molecule has 0 bridgehead atoms. The van der Waals surface area contributed by atoms with Gasteiger partial charge in [0, 0.05) is 37.1 Å². The van der Waals surface area contributed by atoms with Gasteiger partial charge in [0.2, 0.25) is 0 Å². The van der Waals surface area contributed by atoms with Crippen molar-refractivity contribution in [2.45, 2.75) is 63.0 Å². The van der Waals surface area contributed by atoms with Gasteiger partial charge < -0.3 is 14.3 Å². The van der Waals surface area contributed by atoms with Crippen LogP contribution in [-0.2, 0) is 21.6 Å². The summed E-state index contributed by atoms with van der Waals surface area (Å²) < 4.78 is 6.83. The maximum Gasteiger partial charge on any atom is 0.343 e. The lowest BCUT2D eigenvalue weighted by Gasteiger charge is -2.37. The number of ether oxygens (including phenoxy) is 1. The molecule has 2 aliphatic rings. The fourth-order valence-electron chi connectivity index (χ4n) is 5.75. The lowest BCUT2D eigenvalue weighted by Crippen LogP contribution is -2.52. The third-order valence-corrected chi connectivity index (χ3v) is 7.79. The third kappa shape index (κ3) is 4.89. The smallest absolute Gasteiger partial charge is 0.343 e. The van der Waals surface area contributed by atoms with Crippen LogP contribution in [-0.4, -0.2) is 53.3 Å². The Morgan fingerprint density at radius 1 is 1.09 bits per heavy atom. The molecule has 4 rings (SSSR count). The predicted octanol–water partition coefficient (Wildman–Crippen LogP) is 4.24. The fraction of sp³-hybridized carbons (Fsp3) is 0.556. The number of esters is 1. The number of nitrogens with zero attached hydrogens (tertiary/aromatic N) is 2. The highest BCUT2D eigenvalue weighted by Gasteiger charge is 2.48. The summed E-state index contributed by atoms with van der Waals surface area (Å²) in [5.41, 5.74) is 0.250. The fourth-order valence-corrected chi connectivity index (χ4v) is 5.75. The number of aliphatic hydroxyl groups is 1. The number of pyridine rings is 1. The van der Waals surface area contributed by atoms with E-state index in [2.05, 4.69) is 18.1 Å². The zero-order valence-electron chi connectivity index (χ0n) is 19.3. The molecule has 1 saturated carbocycles. The van der Waals surface area contributed by atoms with Crippen molar-refractivity contribution in [2.75, 3.05) is 26.7 Å². The van der Waals surface area contributed by atoms with E-state index in [0.717, 1.165) is 74.6 Å². The van der Waals surface area contributed by atoms with Crippen LogP contribution in [0.1, 0.15) is 56.2 Å². The molecule has 3 atom stereocenters. The summed E-state index contributed by atoms with van der Waals surface area (Å²) in [6, 6.07) is 15.7.